The average Bonchev–Trinajstić information content (AvgIpc) is 2.56. The zero-order chi connectivity index (χ0) is 20.8. The Morgan fingerprint density at radius 3 is 2.11 bits per heavy atom. The van der Waals surface area contributed by atoms with E-state index in [0.29, 0.717) is 18.4 Å². The van der Waals surface area contributed by atoms with E-state index < -0.39 is 36.4 Å². The number of aryl methyl sites for hydroxylation is 1. The van der Waals surface area contributed by atoms with Crippen molar-refractivity contribution in [2.75, 3.05) is 12.0 Å². The van der Waals surface area contributed by atoms with E-state index in [1.165, 1.54) is 6.07 Å². The second kappa shape index (κ2) is 9.32. The molecule has 0 heterocycles. The molecule has 0 atom stereocenters. The molecular formula is C17H27N3O5S2. The van der Waals surface area contributed by atoms with E-state index in [2.05, 4.69) is 4.99 Å². The summed E-state index contributed by atoms with van der Waals surface area (Å²) in [5, 5.41) is 0. The van der Waals surface area contributed by atoms with E-state index in [-0.39, 0.29) is 16.2 Å². The highest BCUT2D eigenvalue weighted by molar-refractivity contribution is 7.94. The number of carbonyl (C=O) groups is 1. The van der Waals surface area contributed by atoms with Crippen molar-refractivity contribution in [2.24, 2.45) is 16.5 Å². The summed E-state index contributed by atoms with van der Waals surface area (Å²) in [5.74, 6) is -1.43. The molecule has 0 aliphatic carbocycles. The number of aliphatic imine (C=N–C) groups is 1. The summed E-state index contributed by atoms with van der Waals surface area (Å²) in [6.07, 6.45) is 4.25. The monoisotopic (exact) mass is 417 g/mol. The highest BCUT2D eigenvalue weighted by atomic mass is 32.2. The van der Waals surface area contributed by atoms with Crippen LogP contribution in [0, 0.1) is 0 Å². The minimum Gasteiger partial charge on any atom is -0.370 e. The number of amides is 1. The van der Waals surface area contributed by atoms with Gasteiger partial charge in [-0.05, 0) is 30.5 Å². The zero-order valence-corrected chi connectivity index (χ0v) is 17.5. The Balaban J connectivity index is 3.57. The maximum absolute atomic E-state index is 12.8. The van der Waals surface area contributed by atoms with Crippen LogP contribution in [0.3, 0.4) is 0 Å². The van der Waals surface area contributed by atoms with Gasteiger partial charge in [-0.3, -0.25) is 4.79 Å². The minimum atomic E-state index is -3.90. The molecule has 27 heavy (non-hydrogen) atoms. The predicted molar refractivity (Wildman–Crippen MR) is 105 cm³/mol. The first-order chi connectivity index (χ1) is 12.4. The third-order valence-electron chi connectivity index (χ3n) is 4.01. The van der Waals surface area contributed by atoms with Crippen LogP contribution >= 0.6 is 0 Å². The topological polar surface area (TPSA) is 150 Å². The second-order valence-electron chi connectivity index (χ2n) is 6.30. The van der Waals surface area contributed by atoms with Crippen molar-refractivity contribution < 1.29 is 21.6 Å². The van der Waals surface area contributed by atoms with Crippen LogP contribution in [-0.2, 0) is 26.1 Å². The molecule has 1 amide bonds. The molecule has 1 aromatic rings. The first-order valence-electron chi connectivity index (χ1n) is 8.67. The summed E-state index contributed by atoms with van der Waals surface area (Å²) in [6.45, 7) is 3.73. The number of carbonyl (C=O) groups excluding carboxylic acids is 1. The largest absolute Gasteiger partial charge is 0.370 e. The molecule has 4 N–H and O–H groups in total. The summed E-state index contributed by atoms with van der Waals surface area (Å²) >= 11 is 0. The number of nitrogens with two attached hydrogens (primary N) is 2. The summed E-state index contributed by atoms with van der Waals surface area (Å²) in [7, 11) is -7.73. The molecule has 152 valence electrons. The van der Waals surface area contributed by atoms with Crippen LogP contribution < -0.4 is 11.5 Å². The van der Waals surface area contributed by atoms with Crippen molar-refractivity contribution >= 4 is 31.5 Å². The van der Waals surface area contributed by atoms with Crippen molar-refractivity contribution in [3.8, 4) is 0 Å². The normalized spacial score (nSPS) is 12.0. The first kappa shape index (κ1) is 23.1. The molecule has 0 radical (unpaired) electrons. The molecule has 0 aromatic heterocycles. The van der Waals surface area contributed by atoms with Gasteiger partial charge in [-0.1, -0.05) is 33.1 Å². The van der Waals surface area contributed by atoms with Crippen LogP contribution in [-0.4, -0.2) is 40.7 Å². The number of rotatable bonds is 9. The lowest BCUT2D eigenvalue weighted by atomic mass is 10.0. The number of unbranched alkanes of at least 4 members (excludes halogenated alkanes) is 3. The van der Waals surface area contributed by atoms with E-state index in [1.54, 1.807) is 6.92 Å². The van der Waals surface area contributed by atoms with E-state index in [4.69, 9.17) is 11.5 Å². The van der Waals surface area contributed by atoms with Crippen molar-refractivity contribution in [1.29, 1.82) is 0 Å². The molecule has 0 unspecified atom stereocenters. The molecular weight excluding hydrogens is 390 g/mol. The Morgan fingerprint density at radius 1 is 1.00 bits per heavy atom. The average molecular weight is 418 g/mol. The minimum absolute atomic E-state index is 0.0312. The Labute approximate surface area is 160 Å². The number of hydrogen-bond donors (Lipinski definition) is 2. The van der Waals surface area contributed by atoms with Crippen LogP contribution in [0.4, 0.5) is 0 Å². The number of hydrogen-bond acceptors (Lipinski definition) is 5. The quantitative estimate of drug-likeness (QED) is 0.350. The Morgan fingerprint density at radius 2 is 1.63 bits per heavy atom. The number of guanidine groups is 1. The molecule has 0 bridgehead atoms. The van der Waals surface area contributed by atoms with Gasteiger partial charge >= 0.3 is 0 Å². The van der Waals surface area contributed by atoms with Crippen LogP contribution in [0.2, 0.25) is 0 Å². The molecule has 1 aromatic carbocycles. The third kappa shape index (κ3) is 6.31. The fraction of sp³-hybridized carbons (Fsp3) is 0.529. The Bertz CT molecular complexity index is 932. The molecule has 10 heteroatoms. The Hall–Kier alpha value is -1.94. The van der Waals surface area contributed by atoms with Crippen molar-refractivity contribution in [3.05, 3.63) is 23.3 Å². The van der Waals surface area contributed by atoms with E-state index in [9.17, 15) is 21.6 Å². The molecule has 0 saturated heterocycles. The molecule has 0 saturated carbocycles. The summed E-state index contributed by atoms with van der Waals surface area (Å²) < 4.78 is 50.0. The maximum Gasteiger partial charge on any atom is 0.280 e. The van der Waals surface area contributed by atoms with Gasteiger partial charge < -0.3 is 11.5 Å². The SMILES string of the molecule is CCCCCCS(=O)(=O)c1cc(CC)c(C(=O)N=C(N)N)cc1S(C)(=O)=O. The molecule has 8 nitrogen and oxygen atoms in total. The van der Waals surface area contributed by atoms with Gasteiger partial charge in [-0.25, -0.2) is 16.8 Å². The summed E-state index contributed by atoms with van der Waals surface area (Å²) in [4.78, 5) is 15.0. The van der Waals surface area contributed by atoms with E-state index >= 15 is 0 Å². The maximum atomic E-state index is 12.8. The van der Waals surface area contributed by atoms with Gasteiger partial charge in [0.2, 0.25) is 0 Å². The van der Waals surface area contributed by atoms with Gasteiger partial charge in [0.05, 0.1) is 15.5 Å². The molecule has 0 aliphatic rings. The molecule has 1 rings (SSSR count). The standard InChI is InChI=1S/C17H27N3O5S2/c1-4-6-7-8-9-27(24,25)15-10-12(5-2)13(16(21)20-17(18)19)11-14(15)26(3,22)23/h10-11H,4-9H2,1-3H3,(H4,18,19,20,21). The van der Waals surface area contributed by atoms with Gasteiger partial charge in [0.25, 0.3) is 5.91 Å². The number of sulfone groups is 2. The smallest absolute Gasteiger partial charge is 0.280 e. The lowest BCUT2D eigenvalue weighted by Crippen LogP contribution is -2.24. The lowest BCUT2D eigenvalue weighted by Gasteiger charge is -2.14. The predicted octanol–water partition coefficient (Wildman–Crippen LogP) is 1.42. The fourth-order valence-electron chi connectivity index (χ4n) is 2.63. The second-order valence-corrected chi connectivity index (χ2v) is 10.4. The van der Waals surface area contributed by atoms with E-state index in [0.717, 1.165) is 31.6 Å². The number of nitrogens with zero attached hydrogens (tertiary/aromatic N) is 1. The van der Waals surface area contributed by atoms with Crippen molar-refractivity contribution in [3.63, 3.8) is 0 Å². The van der Waals surface area contributed by atoms with Crippen LogP contribution in [0.1, 0.15) is 55.5 Å². The molecule has 0 fully saturated rings. The summed E-state index contributed by atoms with van der Waals surface area (Å²) in [5.41, 5.74) is 10.8. The van der Waals surface area contributed by atoms with Gasteiger partial charge in [0, 0.05) is 11.8 Å². The van der Waals surface area contributed by atoms with Gasteiger partial charge in [-0.2, -0.15) is 4.99 Å². The third-order valence-corrected chi connectivity index (χ3v) is 7.11. The fourth-order valence-corrected chi connectivity index (χ4v) is 5.72. The van der Waals surface area contributed by atoms with Gasteiger partial charge in [-0.15, -0.1) is 0 Å². The van der Waals surface area contributed by atoms with Crippen LogP contribution in [0.5, 0.6) is 0 Å². The molecule has 0 spiro atoms. The first-order valence-corrected chi connectivity index (χ1v) is 12.2. The number of benzene rings is 1. The van der Waals surface area contributed by atoms with Crippen LogP contribution in [0.15, 0.2) is 26.9 Å². The van der Waals surface area contributed by atoms with E-state index in [1.807, 2.05) is 6.92 Å². The van der Waals surface area contributed by atoms with Crippen molar-refractivity contribution in [1.82, 2.24) is 0 Å². The highest BCUT2D eigenvalue weighted by Crippen LogP contribution is 2.28. The summed E-state index contributed by atoms with van der Waals surface area (Å²) in [6, 6.07) is 2.31. The highest BCUT2D eigenvalue weighted by Gasteiger charge is 2.27. The zero-order valence-electron chi connectivity index (χ0n) is 15.9. The molecule has 0 aliphatic heterocycles. The lowest BCUT2D eigenvalue weighted by molar-refractivity contribution is 0.100. The van der Waals surface area contributed by atoms with Crippen LogP contribution in [0.25, 0.3) is 0 Å². The Kier molecular flexibility index (Phi) is 7.97. The van der Waals surface area contributed by atoms with Crippen molar-refractivity contribution in [2.45, 2.75) is 55.7 Å². The van der Waals surface area contributed by atoms with Gasteiger partial charge in [0.15, 0.2) is 25.6 Å². The van der Waals surface area contributed by atoms with Gasteiger partial charge in [0.1, 0.15) is 0 Å².